The van der Waals surface area contributed by atoms with Gasteiger partial charge in [-0.2, -0.15) is 5.10 Å². The number of hydrogen-bond acceptors (Lipinski definition) is 4. The second-order valence-corrected chi connectivity index (χ2v) is 6.63. The fraction of sp³-hybridized carbons (Fsp3) is 0.200. The van der Waals surface area contributed by atoms with E-state index in [9.17, 15) is 19.3 Å². The minimum atomic E-state index is -0.513. The summed E-state index contributed by atoms with van der Waals surface area (Å²) in [6.07, 6.45) is 3.46. The van der Waals surface area contributed by atoms with Crippen LogP contribution in [0.5, 0.6) is 0 Å². The summed E-state index contributed by atoms with van der Waals surface area (Å²) < 4.78 is 15.0. The van der Waals surface area contributed by atoms with Crippen molar-refractivity contribution in [3.63, 3.8) is 0 Å². The highest BCUT2D eigenvalue weighted by Gasteiger charge is 2.26. The van der Waals surface area contributed by atoms with Crippen LogP contribution in [0.3, 0.4) is 0 Å². The van der Waals surface area contributed by atoms with Gasteiger partial charge in [0.25, 0.3) is 11.6 Å². The third kappa shape index (κ3) is 3.36. The van der Waals surface area contributed by atoms with Gasteiger partial charge >= 0.3 is 0 Å². The fourth-order valence-corrected chi connectivity index (χ4v) is 3.46. The molecule has 0 fully saturated rings. The number of nitro groups is 1. The van der Waals surface area contributed by atoms with Crippen LogP contribution >= 0.6 is 0 Å². The van der Waals surface area contributed by atoms with Crippen molar-refractivity contribution in [2.24, 2.45) is 0 Å². The SMILES string of the molecule is O=C(Nc1cccc([N+](=O)[O-])c1)c1nn(-c2ccc(F)cc2)c2c1CCCC2. The molecular weight excluding hydrogens is 363 g/mol. The third-order valence-corrected chi connectivity index (χ3v) is 4.78. The van der Waals surface area contributed by atoms with Crippen molar-refractivity contribution in [3.8, 4) is 5.69 Å². The summed E-state index contributed by atoms with van der Waals surface area (Å²) in [5.74, 6) is -0.757. The number of anilines is 1. The van der Waals surface area contributed by atoms with Crippen LogP contribution in [0.2, 0.25) is 0 Å². The molecule has 1 N–H and O–H groups in total. The largest absolute Gasteiger partial charge is 0.320 e. The standard InChI is InChI=1S/C20H17FN4O3/c21-13-8-10-15(11-9-13)24-18-7-2-1-6-17(18)19(23-24)20(26)22-14-4-3-5-16(12-14)25(27)28/h3-5,8-12H,1-2,6-7H2,(H,22,26). The monoisotopic (exact) mass is 380 g/mol. The molecule has 3 aromatic rings. The first-order chi connectivity index (χ1) is 13.5. The molecule has 0 saturated heterocycles. The normalized spacial score (nSPS) is 13.0. The van der Waals surface area contributed by atoms with E-state index in [0.29, 0.717) is 17.1 Å². The maximum absolute atomic E-state index is 13.3. The van der Waals surface area contributed by atoms with Crippen molar-refractivity contribution >= 4 is 17.3 Å². The number of carbonyl (C=O) groups is 1. The topological polar surface area (TPSA) is 90.1 Å². The molecule has 0 aliphatic heterocycles. The zero-order valence-corrected chi connectivity index (χ0v) is 14.9. The zero-order valence-electron chi connectivity index (χ0n) is 14.9. The summed E-state index contributed by atoms with van der Waals surface area (Å²) in [4.78, 5) is 23.3. The number of amides is 1. The van der Waals surface area contributed by atoms with Gasteiger partial charge in [-0.25, -0.2) is 9.07 Å². The molecule has 0 unspecified atom stereocenters. The highest BCUT2D eigenvalue weighted by molar-refractivity contribution is 6.04. The fourth-order valence-electron chi connectivity index (χ4n) is 3.46. The van der Waals surface area contributed by atoms with Gasteiger partial charge in [0, 0.05) is 29.1 Å². The van der Waals surface area contributed by atoms with Crippen LogP contribution in [0, 0.1) is 15.9 Å². The predicted molar refractivity (Wildman–Crippen MR) is 101 cm³/mol. The Labute approximate surface area is 160 Å². The number of fused-ring (bicyclic) bond motifs is 1. The van der Waals surface area contributed by atoms with Gasteiger partial charge in [-0.15, -0.1) is 0 Å². The third-order valence-electron chi connectivity index (χ3n) is 4.78. The molecule has 0 atom stereocenters. The highest BCUT2D eigenvalue weighted by Crippen LogP contribution is 2.28. The van der Waals surface area contributed by atoms with Crippen molar-refractivity contribution < 1.29 is 14.1 Å². The van der Waals surface area contributed by atoms with Gasteiger partial charge in [0.15, 0.2) is 5.69 Å². The molecule has 4 rings (SSSR count). The van der Waals surface area contributed by atoms with Crippen molar-refractivity contribution in [2.75, 3.05) is 5.32 Å². The number of nitrogens with one attached hydrogen (secondary N) is 1. The summed E-state index contributed by atoms with van der Waals surface area (Å²) in [6.45, 7) is 0. The number of nitrogens with zero attached hydrogens (tertiary/aromatic N) is 3. The van der Waals surface area contributed by atoms with Crippen LogP contribution in [0.1, 0.15) is 34.6 Å². The van der Waals surface area contributed by atoms with E-state index in [4.69, 9.17) is 0 Å². The zero-order chi connectivity index (χ0) is 19.7. The number of nitro benzene ring substituents is 1. The Hall–Kier alpha value is -3.55. The molecule has 0 saturated carbocycles. The Balaban J connectivity index is 1.69. The van der Waals surface area contributed by atoms with Gasteiger partial charge in [0.05, 0.1) is 10.6 Å². The molecule has 142 valence electrons. The Bertz CT molecular complexity index is 1060. The van der Waals surface area contributed by atoms with E-state index in [1.165, 1.54) is 30.3 Å². The van der Waals surface area contributed by atoms with E-state index in [0.717, 1.165) is 36.9 Å². The molecule has 1 aliphatic rings. The second kappa shape index (κ2) is 7.22. The van der Waals surface area contributed by atoms with E-state index in [2.05, 4.69) is 10.4 Å². The number of carbonyl (C=O) groups excluding carboxylic acids is 1. The van der Waals surface area contributed by atoms with Crippen molar-refractivity contribution in [1.29, 1.82) is 0 Å². The molecule has 7 nitrogen and oxygen atoms in total. The molecule has 0 radical (unpaired) electrons. The van der Waals surface area contributed by atoms with Crippen molar-refractivity contribution in [3.05, 3.63) is 81.4 Å². The van der Waals surface area contributed by atoms with Crippen LogP contribution in [0.25, 0.3) is 5.69 Å². The van der Waals surface area contributed by atoms with Gasteiger partial charge in [-0.05, 0) is 56.0 Å². The molecule has 1 aromatic heterocycles. The molecule has 1 aliphatic carbocycles. The first kappa shape index (κ1) is 17.8. The lowest BCUT2D eigenvalue weighted by atomic mass is 9.95. The Morgan fingerprint density at radius 2 is 1.89 bits per heavy atom. The molecule has 1 heterocycles. The average molecular weight is 380 g/mol. The molecule has 28 heavy (non-hydrogen) atoms. The number of rotatable bonds is 4. The number of hydrogen-bond donors (Lipinski definition) is 1. The minimum absolute atomic E-state index is 0.100. The van der Waals surface area contributed by atoms with E-state index >= 15 is 0 Å². The van der Waals surface area contributed by atoms with Crippen LogP contribution in [-0.4, -0.2) is 20.6 Å². The molecular formula is C20H17FN4O3. The number of benzene rings is 2. The minimum Gasteiger partial charge on any atom is -0.320 e. The van der Waals surface area contributed by atoms with E-state index in [-0.39, 0.29) is 11.5 Å². The van der Waals surface area contributed by atoms with Crippen molar-refractivity contribution in [1.82, 2.24) is 9.78 Å². The number of non-ortho nitro benzene ring substituents is 1. The first-order valence-electron chi connectivity index (χ1n) is 8.95. The quantitative estimate of drug-likeness (QED) is 0.546. The van der Waals surface area contributed by atoms with E-state index in [1.807, 2.05) is 0 Å². The maximum atomic E-state index is 13.3. The highest BCUT2D eigenvalue weighted by atomic mass is 19.1. The molecule has 1 amide bonds. The Morgan fingerprint density at radius 1 is 1.14 bits per heavy atom. The van der Waals surface area contributed by atoms with E-state index < -0.39 is 10.8 Å². The lowest BCUT2D eigenvalue weighted by Gasteiger charge is -2.14. The predicted octanol–water partition coefficient (Wildman–Crippen LogP) is 4.05. The van der Waals surface area contributed by atoms with Gasteiger partial charge in [0.2, 0.25) is 0 Å². The summed E-state index contributed by atoms with van der Waals surface area (Å²) in [5, 5.41) is 18.1. The first-order valence-corrected chi connectivity index (χ1v) is 8.95. The number of aromatic nitrogens is 2. The number of halogens is 1. The van der Waals surface area contributed by atoms with Crippen LogP contribution in [-0.2, 0) is 12.8 Å². The van der Waals surface area contributed by atoms with Gasteiger partial charge in [0.1, 0.15) is 5.82 Å². The van der Waals surface area contributed by atoms with E-state index in [1.54, 1.807) is 22.9 Å². The summed E-state index contributed by atoms with van der Waals surface area (Å²) in [7, 11) is 0. The maximum Gasteiger partial charge on any atom is 0.276 e. The lowest BCUT2D eigenvalue weighted by Crippen LogP contribution is -2.15. The molecule has 0 spiro atoms. The van der Waals surface area contributed by atoms with Crippen LogP contribution in [0.4, 0.5) is 15.8 Å². The molecule has 8 heteroatoms. The molecule has 0 bridgehead atoms. The Kier molecular flexibility index (Phi) is 4.60. The summed E-state index contributed by atoms with van der Waals surface area (Å²) in [5.41, 5.74) is 3.04. The summed E-state index contributed by atoms with van der Waals surface area (Å²) in [6, 6.07) is 11.7. The second-order valence-electron chi connectivity index (χ2n) is 6.63. The smallest absolute Gasteiger partial charge is 0.276 e. The van der Waals surface area contributed by atoms with Gasteiger partial charge in [-0.3, -0.25) is 14.9 Å². The van der Waals surface area contributed by atoms with Gasteiger partial charge < -0.3 is 5.32 Å². The Morgan fingerprint density at radius 3 is 2.64 bits per heavy atom. The van der Waals surface area contributed by atoms with Gasteiger partial charge in [-0.1, -0.05) is 6.07 Å². The van der Waals surface area contributed by atoms with Crippen molar-refractivity contribution in [2.45, 2.75) is 25.7 Å². The summed E-state index contributed by atoms with van der Waals surface area (Å²) >= 11 is 0. The van der Waals surface area contributed by atoms with Crippen LogP contribution < -0.4 is 5.32 Å². The lowest BCUT2D eigenvalue weighted by molar-refractivity contribution is -0.384. The molecule has 2 aromatic carbocycles. The average Bonchev–Trinajstić information content (AvgIpc) is 3.09. The van der Waals surface area contributed by atoms with Crippen LogP contribution in [0.15, 0.2) is 48.5 Å².